The minimum Gasteiger partial charge on any atom is -0.478 e. The third-order valence-electron chi connectivity index (χ3n) is 4.71. The van der Waals surface area contributed by atoms with Crippen LogP contribution in [0.15, 0.2) is 78.9 Å². The molecule has 0 aliphatic heterocycles. The van der Waals surface area contributed by atoms with E-state index in [1.165, 1.54) is 24.3 Å². The Morgan fingerprint density at radius 1 is 0.800 bits per heavy atom. The summed E-state index contributed by atoms with van der Waals surface area (Å²) in [5.74, 6) is -1.80. The Balaban J connectivity index is 1.69. The topological polar surface area (TPSA) is 95.5 Å². The van der Waals surface area contributed by atoms with Gasteiger partial charge in [-0.15, -0.1) is 0 Å². The predicted molar refractivity (Wildman–Crippen MR) is 116 cm³/mol. The van der Waals surface area contributed by atoms with Crippen LogP contribution in [0.3, 0.4) is 0 Å². The smallest absolute Gasteiger partial charge is 0.335 e. The van der Waals surface area contributed by atoms with Gasteiger partial charge < -0.3 is 15.7 Å². The first-order chi connectivity index (χ1) is 14.5. The predicted octanol–water partition coefficient (Wildman–Crippen LogP) is 4.77. The van der Waals surface area contributed by atoms with Gasteiger partial charge in [-0.2, -0.15) is 0 Å². The lowest BCUT2D eigenvalue weighted by molar-refractivity contribution is -0.117. The molecule has 0 saturated carbocycles. The molecule has 0 spiro atoms. The molecule has 0 saturated heterocycles. The number of aromatic carboxylic acids is 1. The monoisotopic (exact) mass is 402 g/mol. The molecule has 0 fully saturated rings. The van der Waals surface area contributed by atoms with Gasteiger partial charge in [0, 0.05) is 16.9 Å². The molecule has 0 heterocycles. The molecule has 3 aromatic carbocycles. The van der Waals surface area contributed by atoms with E-state index < -0.39 is 5.97 Å². The van der Waals surface area contributed by atoms with Crippen molar-refractivity contribution in [1.29, 1.82) is 0 Å². The zero-order chi connectivity index (χ0) is 21.5. The molecule has 1 atom stereocenters. The van der Waals surface area contributed by atoms with Crippen molar-refractivity contribution in [2.24, 2.45) is 0 Å². The van der Waals surface area contributed by atoms with Gasteiger partial charge >= 0.3 is 5.97 Å². The van der Waals surface area contributed by atoms with Gasteiger partial charge in [0.05, 0.1) is 11.5 Å². The van der Waals surface area contributed by atoms with E-state index in [-0.39, 0.29) is 23.3 Å². The maximum atomic E-state index is 12.7. The van der Waals surface area contributed by atoms with Gasteiger partial charge in [0.25, 0.3) is 5.91 Å². The van der Waals surface area contributed by atoms with Crippen LogP contribution in [0, 0.1) is 0 Å². The molecular formula is C24H22N2O4. The molecule has 3 aromatic rings. The first kappa shape index (κ1) is 20.8. The highest BCUT2D eigenvalue weighted by Crippen LogP contribution is 2.22. The zero-order valence-corrected chi connectivity index (χ0v) is 16.5. The summed E-state index contributed by atoms with van der Waals surface area (Å²) < 4.78 is 0. The van der Waals surface area contributed by atoms with E-state index in [4.69, 9.17) is 5.11 Å². The van der Waals surface area contributed by atoms with Crippen molar-refractivity contribution in [3.63, 3.8) is 0 Å². The molecule has 3 rings (SSSR count). The highest BCUT2D eigenvalue weighted by atomic mass is 16.4. The molecule has 152 valence electrons. The number of carboxylic acid groups (broad SMARTS) is 1. The van der Waals surface area contributed by atoms with Crippen LogP contribution >= 0.6 is 0 Å². The van der Waals surface area contributed by atoms with Crippen molar-refractivity contribution in [2.75, 3.05) is 10.6 Å². The number of benzene rings is 3. The summed E-state index contributed by atoms with van der Waals surface area (Å²) in [6, 6.07) is 22.1. The summed E-state index contributed by atoms with van der Waals surface area (Å²) >= 11 is 0. The van der Waals surface area contributed by atoms with Gasteiger partial charge in [-0.1, -0.05) is 43.3 Å². The number of rotatable bonds is 7. The average molecular weight is 402 g/mol. The van der Waals surface area contributed by atoms with Gasteiger partial charge in [0.1, 0.15) is 0 Å². The van der Waals surface area contributed by atoms with E-state index in [1.807, 2.05) is 37.3 Å². The Kier molecular flexibility index (Phi) is 6.60. The van der Waals surface area contributed by atoms with Crippen LogP contribution in [0.1, 0.15) is 45.5 Å². The van der Waals surface area contributed by atoms with E-state index in [0.717, 1.165) is 5.56 Å². The van der Waals surface area contributed by atoms with Crippen LogP contribution in [0.2, 0.25) is 0 Å². The van der Waals surface area contributed by atoms with Crippen LogP contribution in [0.25, 0.3) is 0 Å². The fraction of sp³-hybridized carbons (Fsp3) is 0.125. The maximum Gasteiger partial charge on any atom is 0.335 e. The second kappa shape index (κ2) is 9.52. The van der Waals surface area contributed by atoms with Gasteiger partial charge in [0.2, 0.25) is 5.91 Å². The lowest BCUT2D eigenvalue weighted by atomic mass is 9.95. The van der Waals surface area contributed by atoms with E-state index in [0.29, 0.717) is 23.4 Å². The first-order valence-electron chi connectivity index (χ1n) is 9.58. The summed E-state index contributed by atoms with van der Waals surface area (Å²) in [4.78, 5) is 36.2. The number of nitrogens with one attached hydrogen (secondary N) is 2. The van der Waals surface area contributed by atoms with Gasteiger partial charge in [-0.3, -0.25) is 9.59 Å². The van der Waals surface area contributed by atoms with Gasteiger partial charge in [-0.25, -0.2) is 4.79 Å². The molecule has 1 unspecified atom stereocenters. The lowest BCUT2D eigenvalue weighted by Crippen LogP contribution is -2.21. The number of carbonyl (C=O) groups excluding carboxylic acids is 2. The number of hydrogen-bond acceptors (Lipinski definition) is 3. The van der Waals surface area contributed by atoms with E-state index in [1.54, 1.807) is 24.3 Å². The second-order valence-electron chi connectivity index (χ2n) is 6.78. The summed E-state index contributed by atoms with van der Waals surface area (Å²) in [5.41, 5.74) is 2.47. The Morgan fingerprint density at radius 3 is 2.13 bits per heavy atom. The number of amides is 2. The molecule has 0 radical (unpaired) electrons. The average Bonchev–Trinajstić information content (AvgIpc) is 2.75. The lowest BCUT2D eigenvalue weighted by Gasteiger charge is -2.16. The van der Waals surface area contributed by atoms with Gasteiger partial charge in [0.15, 0.2) is 0 Å². The van der Waals surface area contributed by atoms with Crippen LogP contribution in [-0.4, -0.2) is 22.9 Å². The summed E-state index contributed by atoms with van der Waals surface area (Å²) in [6.45, 7) is 1.96. The zero-order valence-electron chi connectivity index (χ0n) is 16.5. The van der Waals surface area contributed by atoms with Crippen molar-refractivity contribution < 1.29 is 19.5 Å². The molecule has 6 nitrogen and oxygen atoms in total. The molecule has 30 heavy (non-hydrogen) atoms. The molecule has 0 aliphatic carbocycles. The Hall–Kier alpha value is -3.93. The number of carboxylic acids is 1. The van der Waals surface area contributed by atoms with Crippen molar-refractivity contribution in [3.8, 4) is 0 Å². The first-order valence-corrected chi connectivity index (χ1v) is 9.58. The normalized spacial score (nSPS) is 11.4. The molecule has 6 heteroatoms. The number of carbonyl (C=O) groups is 3. The second-order valence-corrected chi connectivity index (χ2v) is 6.78. The molecule has 3 N–H and O–H groups in total. The van der Waals surface area contributed by atoms with Crippen LogP contribution in [-0.2, 0) is 4.79 Å². The van der Waals surface area contributed by atoms with E-state index in [2.05, 4.69) is 10.6 Å². The van der Waals surface area contributed by atoms with E-state index in [9.17, 15) is 14.4 Å². The van der Waals surface area contributed by atoms with Crippen LogP contribution in [0.4, 0.5) is 11.4 Å². The molecule has 2 amide bonds. The van der Waals surface area contributed by atoms with Crippen molar-refractivity contribution in [3.05, 3.63) is 95.6 Å². The number of hydrogen-bond donors (Lipinski definition) is 3. The highest BCUT2D eigenvalue weighted by molar-refractivity contribution is 6.05. The molecule has 0 bridgehead atoms. The van der Waals surface area contributed by atoms with Gasteiger partial charge in [-0.05, 0) is 54.4 Å². The highest BCUT2D eigenvalue weighted by Gasteiger charge is 2.19. The van der Waals surface area contributed by atoms with Crippen molar-refractivity contribution >= 4 is 29.2 Å². The Labute approximate surface area is 174 Å². The molecule has 0 aliphatic rings. The number of anilines is 2. The molecule has 0 aromatic heterocycles. The maximum absolute atomic E-state index is 12.7. The van der Waals surface area contributed by atoms with Crippen LogP contribution in [0.5, 0.6) is 0 Å². The SMILES string of the molecule is CCC(C(=O)Nc1cccc(C(=O)Nc2ccc(C(=O)O)cc2)c1)c1ccccc1. The fourth-order valence-electron chi connectivity index (χ4n) is 3.12. The quantitative estimate of drug-likeness (QED) is 0.530. The Morgan fingerprint density at radius 2 is 1.50 bits per heavy atom. The van der Waals surface area contributed by atoms with Crippen molar-refractivity contribution in [2.45, 2.75) is 19.3 Å². The largest absolute Gasteiger partial charge is 0.478 e. The third-order valence-corrected chi connectivity index (χ3v) is 4.71. The van der Waals surface area contributed by atoms with Crippen molar-refractivity contribution in [1.82, 2.24) is 0 Å². The summed E-state index contributed by atoms with van der Waals surface area (Å²) in [6.07, 6.45) is 0.655. The summed E-state index contributed by atoms with van der Waals surface area (Å²) in [7, 11) is 0. The minimum absolute atomic E-state index is 0.134. The fourth-order valence-corrected chi connectivity index (χ4v) is 3.12. The third kappa shape index (κ3) is 5.11. The van der Waals surface area contributed by atoms with E-state index >= 15 is 0 Å². The molecular weight excluding hydrogens is 380 g/mol. The van der Waals surface area contributed by atoms with Crippen LogP contribution < -0.4 is 10.6 Å². The standard InChI is InChI=1S/C24H22N2O4/c1-2-21(16-7-4-3-5-8-16)23(28)26-20-10-6-9-18(15-20)22(27)25-19-13-11-17(12-14-19)24(29)30/h3-15,21H,2H2,1H3,(H,25,27)(H,26,28)(H,29,30). The summed E-state index contributed by atoms with van der Waals surface area (Å²) in [5, 5.41) is 14.6. The minimum atomic E-state index is -1.03. The Bertz CT molecular complexity index is 1050.